The highest BCUT2D eigenvalue weighted by molar-refractivity contribution is 9.10. The zero-order valence-electron chi connectivity index (χ0n) is 9.95. The Morgan fingerprint density at radius 2 is 2.05 bits per heavy atom. The number of nitrogen functional groups attached to an aromatic ring is 1. The third-order valence-corrected chi connectivity index (χ3v) is 3.46. The van der Waals surface area contributed by atoms with Crippen molar-refractivity contribution in [1.29, 1.82) is 0 Å². The van der Waals surface area contributed by atoms with Gasteiger partial charge in [0.25, 0.3) is 0 Å². The summed E-state index contributed by atoms with van der Waals surface area (Å²) in [6.45, 7) is 0. The first-order chi connectivity index (χ1) is 9.38. The SMILES string of the molecule is Nc1ccc(Nc2c(Cl)cc(F)cc2Br)c(C(=O)O)c1. The topological polar surface area (TPSA) is 75.3 Å². The van der Waals surface area contributed by atoms with Crippen molar-refractivity contribution in [2.45, 2.75) is 0 Å². The van der Waals surface area contributed by atoms with E-state index in [2.05, 4.69) is 21.2 Å². The summed E-state index contributed by atoms with van der Waals surface area (Å²) in [6.07, 6.45) is 0. The van der Waals surface area contributed by atoms with Gasteiger partial charge in [0, 0.05) is 10.2 Å². The van der Waals surface area contributed by atoms with Gasteiger partial charge < -0.3 is 16.2 Å². The Morgan fingerprint density at radius 3 is 2.65 bits per heavy atom. The number of hydrogen-bond acceptors (Lipinski definition) is 3. The first-order valence-corrected chi connectivity index (χ1v) is 6.60. The number of rotatable bonds is 3. The number of carboxylic acids is 1. The quantitative estimate of drug-likeness (QED) is 0.716. The van der Waals surface area contributed by atoms with Gasteiger partial charge >= 0.3 is 5.97 Å². The molecule has 7 heteroatoms. The van der Waals surface area contributed by atoms with Gasteiger partial charge in [-0.3, -0.25) is 0 Å². The van der Waals surface area contributed by atoms with Gasteiger partial charge in [0.1, 0.15) is 5.82 Å². The molecule has 0 spiro atoms. The average molecular weight is 360 g/mol. The summed E-state index contributed by atoms with van der Waals surface area (Å²) in [5.74, 6) is -1.63. The van der Waals surface area contributed by atoms with Crippen LogP contribution in [0.15, 0.2) is 34.8 Å². The van der Waals surface area contributed by atoms with Crippen molar-refractivity contribution in [2.24, 2.45) is 0 Å². The Hall–Kier alpha value is -1.79. The van der Waals surface area contributed by atoms with E-state index in [1.54, 1.807) is 6.07 Å². The highest BCUT2D eigenvalue weighted by Gasteiger charge is 2.14. The molecular formula is C13H9BrClFN2O2. The van der Waals surface area contributed by atoms with Crippen LogP contribution < -0.4 is 11.1 Å². The molecule has 0 atom stereocenters. The van der Waals surface area contributed by atoms with E-state index in [9.17, 15) is 9.18 Å². The molecule has 0 saturated heterocycles. The lowest BCUT2D eigenvalue weighted by Gasteiger charge is -2.13. The molecule has 0 radical (unpaired) electrons. The number of nitrogens with two attached hydrogens (primary N) is 1. The van der Waals surface area contributed by atoms with E-state index in [4.69, 9.17) is 22.4 Å². The van der Waals surface area contributed by atoms with Crippen LogP contribution in [0.25, 0.3) is 0 Å². The minimum atomic E-state index is -1.13. The molecule has 2 rings (SSSR count). The van der Waals surface area contributed by atoms with Crippen molar-refractivity contribution >= 4 is 50.6 Å². The van der Waals surface area contributed by atoms with Crippen LogP contribution >= 0.6 is 27.5 Å². The third kappa shape index (κ3) is 3.02. The highest BCUT2D eigenvalue weighted by atomic mass is 79.9. The summed E-state index contributed by atoms with van der Waals surface area (Å²) in [5, 5.41) is 12.1. The van der Waals surface area contributed by atoms with Gasteiger partial charge in [-0.15, -0.1) is 0 Å². The monoisotopic (exact) mass is 358 g/mol. The summed E-state index contributed by atoms with van der Waals surface area (Å²) >= 11 is 9.12. The molecule has 0 amide bonds. The number of carboxylic acid groups (broad SMARTS) is 1. The summed E-state index contributed by atoms with van der Waals surface area (Å²) in [7, 11) is 0. The zero-order chi connectivity index (χ0) is 14.9. The normalized spacial score (nSPS) is 10.3. The Balaban J connectivity index is 2.48. The van der Waals surface area contributed by atoms with E-state index in [-0.39, 0.29) is 10.6 Å². The van der Waals surface area contributed by atoms with Gasteiger partial charge in [0.15, 0.2) is 0 Å². The van der Waals surface area contributed by atoms with Gasteiger partial charge in [-0.05, 0) is 46.3 Å². The van der Waals surface area contributed by atoms with Crippen LogP contribution in [0.5, 0.6) is 0 Å². The summed E-state index contributed by atoms with van der Waals surface area (Å²) < 4.78 is 13.5. The number of hydrogen-bond donors (Lipinski definition) is 3. The first kappa shape index (κ1) is 14.6. The molecule has 0 aromatic heterocycles. The van der Waals surface area contributed by atoms with Crippen molar-refractivity contribution in [3.05, 3.63) is 51.2 Å². The number of aromatic carboxylic acids is 1. The minimum Gasteiger partial charge on any atom is -0.478 e. The fraction of sp³-hybridized carbons (Fsp3) is 0. The van der Waals surface area contributed by atoms with E-state index < -0.39 is 11.8 Å². The number of anilines is 3. The van der Waals surface area contributed by atoms with E-state index in [0.29, 0.717) is 21.5 Å². The maximum Gasteiger partial charge on any atom is 0.337 e. The van der Waals surface area contributed by atoms with Crippen molar-refractivity contribution in [2.75, 3.05) is 11.1 Å². The van der Waals surface area contributed by atoms with E-state index >= 15 is 0 Å². The van der Waals surface area contributed by atoms with Crippen LogP contribution in [0, 0.1) is 5.82 Å². The third-order valence-electron chi connectivity index (χ3n) is 2.54. The Morgan fingerprint density at radius 1 is 1.35 bits per heavy atom. The summed E-state index contributed by atoms with van der Waals surface area (Å²) in [5.41, 5.74) is 6.57. The lowest BCUT2D eigenvalue weighted by molar-refractivity contribution is 0.0698. The van der Waals surface area contributed by atoms with Crippen LogP contribution in [0.2, 0.25) is 5.02 Å². The maximum absolute atomic E-state index is 13.2. The summed E-state index contributed by atoms with van der Waals surface area (Å²) in [6, 6.07) is 6.76. The van der Waals surface area contributed by atoms with Crippen molar-refractivity contribution < 1.29 is 14.3 Å². The average Bonchev–Trinajstić information content (AvgIpc) is 2.34. The predicted octanol–water partition coefficient (Wildman–Crippen LogP) is 4.27. The highest BCUT2D eigenvalue weighted by Crippen LogP contribution is 2.35. The standard InChI is InChI=1S/C13H9BrClFN2O2/c14-9-3-6(16)4-10(15)12(9)18-11-2-1-7(17)5-8(11)13(19)20/h1-5,18H,17H2,(H,19,20). The number of nitrogens with one attached hydrogen (secondary N) is 1. The van der Waals surface area contributed by atoms with Crippen molar-refractivity contribution in [3.63, 3.8) is 0 Å². The molecule has 20 heavy (non-hydrogen) atoms. The van der Waals surface area contributed by atoms with E-state index in [0.717, 1.165) is 6.07 Å². The molecule has 2 aromatic rings. The van der Waals surface area contributed by atoms with Crippen LogP contribution in [0.1, 0.15) is 10.4 Å². The number of halogens is 3. The molecule has 0 bridgehead atoms. The minimum absolute atomic E-state index is 0.00251. The molecule has 0 aliphatic rings. The van der Waals surface area contributed by atoms with Crippen LogP contribution in [0.3, 0.4) is 0 Å². The Kier molecular flexibility index (Phi) is 4.15. The van der Waals surface area contributed by atoms with Gasteiger partial charge in [0.2, 0.25) is 0 Å². The van der Waals surface area contributed by atoms with E-state index in [1.165, 1.54) is 18.2 Å². The van der Waals surface area contributed by atoms with Crippen molar-refractivity contribution in [1.82, 2.24) is 0 Å². The lowest BCUT2D eigenvalue weighted by Crippen LogP contribution is -2.04. The zero-order valence-corrected chi connectivity index (χ0v) is 12.3. The van der Waals surface area contributed by atoms with Gasteiger partial charge in [0.05, 0.1) is 22.0 Å². The van der Waals surface area contributed by atoms with Gasteiger partial charge in [-0.1, -0.05) is 11.6 Å². The Labute approximate surface area is 127 Å². The molecule has 0 heterocycles. The van der Waals surface area contributed by atoms with Crippen LogP contribution in [0.4, 0.5) is 21.5 Å². The molecule has 2 aromatic carbocycles. The Bertz CT molecular complexity index is 671. The predicted molar refractivity (Wildman–Crippen MR) is 80.2 cm³/mol. The molecule has 4 N–H and O–H groups in total. The van der Waals surface area contributed by atoms with E-state index in [1.807, 2.05) is 0 Å². The molecule has 0 fully saturated rings. The molecule has 0 unspecified atom stereocenters. The van der Waals surface area contributed by atoms with Gasteiger partial charge in [-0.25, -0.2) is 9.18 Å². The second-order valence-electron chi connectivity index (χ2n) is 3.98. The number of benzene rings is 2. The fourth-order valence-electron chi connectivity index (χ4n) is 1.64. The largest absolute Gasteiger partial charge is 0.478 e. The number of carbonyl (C=O) groups is 1. The smallest absolute Gasteiger partial charge is 0.337 e. The summed E-state index contributed by atoms with van der Waals surface area (Å²) in [4.78, 5) is 11.2. The molecule has 0 aliphatic carbocycles. The van der Waals surface area contributed by atoms with Crippen LogP contribution in [-0.4, -0.2) is 11.1 Å². The van der Waals surface area contributed by atoms with Crippen LogP contribution in [-0.2, 0) is 0 Å². The molecular weight excluding hydrogens is 351 g/mol. The fourth-order valence-corrected chi connectivity index (χ4v) is 2.54. The maximum atomic E-state index is 13.2. The molecule has 0 aliphatic heterocycles. The second-order valence-corrected chi connectivity index (χ2v) is 5.24. The van der Waals surface area contributed by atoms with Crippen molar-refractivity contribution in [3.8, 4) is 0 Å². The second kappa shape index (κ2) is 5.68. The van der Waals surface area contributed by atoms with Gasteiger partial charge in [-0.2, -0.15) is 0 Å². The molecule has 0 saturated carbocycles. The lowest BCUT2D eigenvalue weighted by atomic mass is 10.1. The molecule has 4 nitrogen and oxygen atoms in total. The molecule has 104 valence electrons. The first-order valence-electron chi connectivity index (χ1n) is 5.43.